The van der Waals surface area contributed by atoms with Crippen molar-refractivity contribution in [1.29, 1.82) is 0 Å². The Labute approximate surface area is 107 Å². The summed E-state index contributed by atoms with van der Waals surface area (Å²) in [4.78, 5) is 0. The molecule has 1 heterocycles. The van der Waals surface area contributed by atoms with Crippen LogP contribution in [0.3, 0.4) is 0 Å². The number of fused-ring (bicyclic) bond motifs is 2. The minimum absolute atomic E-state index is 0.211. The normalized spacial score (nSPS) is 22.2. The Morgan fingerprint density at radius 2 is 1.94 bits per heavy atom. The smallest absolute Gasteiger partial charge is 0.264 e. The highest BCUT2D eigenvalue weighted by Crippen LogP contribution is 2.33. The first-order valence-electron chi connectivity index (χ1n) is 6.13. The summed E-state index contributed by atoms with van der Waals surface area (Å²) in [5, 5.41) is 0. The van der Waals surface area contributed by atoms with Gasteiger partial charge in [0.25, 0.3) is 0 Å². The maximum absolute atomic E-state index is 11.6. The molecule has 5 heteroatoms. The Bertz CT molecular complexity index is 604. The molecule has 0 spiro atoms. The molecule has 1 aliphatic heterocycles. The van der Waals surface area contributed by atoms with E-state index >= 15 is 0 Å². The van der Waals surface area contributed by atoms with E-state index in [1.807, 2.05) is 12.1 Å². The topological polar surface area (TPSA) is 55.4 Å². The summed E-state index contributed by atoms with van der Waals surface area (Å²) in [5.41, 5.74) is 4.35. The second kappa shape index (κ2) is 4.40. The van der Waals surface area contributed by atoms with Crippen molar-refractivity contribution in [1.82, 2.24) is 4.72 Å². The summed E-state index contributed by atoms with van der Waals surface area (Å²) >= 11 is 0. The van der Waals surface area contributed by atoms with Crippen molar-refractivity contribution in [3.8, 4) is 0 Å². The molecule has 18 heavy (non-hydrogen) atoms. The lowest BCUT2D eigenvalue weighted by molar-refractivity contribution is 0.325. The van der Waals surface area contributed by atoms with Crippen LogP contribution in [0.1, 0.15) is 30.4 Å². The summed E-state index contributed by atoms with van der Waals surface area (Å²) in [7, 11) is -3.62. The number of benzene rings is 1. The number of allylic oxidation sites excluding steroid dienone is 1. The predicted octanol–water partition coefficient (Wildman–Crippen LogP) is 1.99. The highest BCUT2D eigenvalue weighted by molar-refractivity contribution is 7.84. The third-order valence-corrected chi connectivity index (χ3v) is 4.39. The van der Waals surface area contributed by atoms with Crippen LogP contribution in [0.15, 0.2) is 30.0 Å². The van der Waals surface area contributed by atoms with E-state index in [0.29, 0.717) is 6.42 Å². The molecule has 0 unspecified atom stereocenters. The Balaban J connectivity index is 2.13. The molecule has 1 aromatic carbocycles. The first kappa shape index (κ1) is 11.7. The molecule has 0 aromatic heterocycles. The molecular weight excluding hydrogens is 250 g/mol. The molecule has 0 amide bonds. The van der Waals surface area contributed by atoms with Gasteiger partial charge in [-0.1, -0.05) is 24.3 Å². The lowest BCUT2D eigenvalue weighted by Gasteiger charge is -2.11. The monoisotopic (exact) mass is 265 g/mol. The molecule has 2 aliphatic rings. The number of nitrogens with one attached hydrogen (secondary N) is 1. The van der Waals surface area contributed by atoms with Crippen LogP contribution in [-0.4, -0.2) is 15.0 Å². The number of hydrogen-bond donors (Lipinski definition) is 1. The van der Waals surface area contributed by atoms with Crippen LogP contribution in [0.25, 0.3) is 5.57 Å². The molecule has 0 atom stereocenters. The Hall–Kier alpha value is -1.33. The average Bonchev–Trinajstić information content (AvgIpc) is 2.57. The van der Waals surface area contributed by atoms with Gasteiger partial charge in [-0.2, -0.15) is 8.42 Å². The second-order valence-electron chi connectivity index (χ2n) is 4.60. The predicted molar refractivity (Wildman–Crippen MR) is 68.9 cm³/mol. The van der Waals surface area contributed by atoms with Crippen LogP contribution in [0.4, 0.5) is 0 Å². The lowest BCUT2D eigenvalue weighted by Crippen LogP contribution is -2.23. The van der Waals surface area contributed by atoms with E-state index in [4.69, 9.17) is 4.18 Å². The zero-order chi connectivity index (χ0) is 12.6. The molecule has 1 N–H and O–H groups in total. The molecule has 0 radical (unpaired) electrons. The van der Waals surface area contributed by atoms with Gasteiger partial charge in [0.2, 0.25) is 0 Å². The molecule has 3 rings (SSSR count). The van der Waals surface area contributed by atoms with Crippen molar-refractivity contribution in [2.24, 2.45) is 0 Å². The number of aryl methyl sites for hydroxylation is 1. The quantitative estimate of drug-likeness (QED) is 0.780. The first-order chi connectivity index (χ1) is 8.66. The van der Waals surface area contributed by atoms with Crippen LogP contribution in [0.2, 0.25) is 0 Å². The van der Waals surface area contributed by atoms with Gasteiger partial charge in [0.05, 0.1) is 6.61 Å². The zero-order valence-electron chi connectivity index (χ0n) is 9.98. The minimum Gasteiger partial charge on any atom is -0.264 e. The SMILES string of the molecule is O=S1(=O)NC2=C(CCO1)c1ccccc1CCC2. The maximum Gasteiger partial charge on any atom is 0.359 e. The Morgan fingerprint density at radius 3 is 2.83 bits per heavy atom. The lowest BCUT2D eigenvalue weighted by atomic mass is 9.96. The van der Waals surface area contributed by atoms with Crippen molar-refractivity contribution in [3.05, 3.63) is 41.1 Å². The van der Waals surface area contributed by atoms with E-state index in [2.05, 4.69) is 16.9 Å². The summed E-state index contributed by atoms with van der Waals surface area (Å²) in [6.45, 7) is 0.211. The van der Waals surface area contributed by atoms with Crippen molar-refractivity contribution < 1.29 is 12.6 Å². The summed E-state index contributed by atoms with van der Waals surface area (Å²) in [6, 6.07) is 8.21. The average molecular weight is 265 g/mol. The van der Waals surface area contributed by atoms with Gasteiger partial charge in [-0.15, -0.1) is 0 Å². The largest absolute Gasteiger partial charge is 0.359 e. The highest BCUT2D eigenvalue weighted by atomic mass is 32.2. The van der Waals surface area contributed by atoms with E-state index < -0.39 is 10.3 Å². The molecule has 0 fully saturated rings. The van der Waals surface area contributed by atoms with Crippen molar-refractivity contribution in [2.75, 3.05) is 6.61 Å². The van der Waals surface area contributed by atoms with Gasteiger partial charge in [-0.05, 0) is 42.4 Å². The van der Waals surface area contributed by atoms with Crippen LogP contribution < -0.4 is 4.72 Å². The van der Waals surface area contributed by atoms with Gasteiger partial charge in [-0.3, -0.25) is 8.91 Å². The standard InChI is InChI=1S/C13H15NO3S/c15-18(16)14-13-7-3-5-10-4-1-2-6-11(10)12(13)8-9-17-18/h1-2,4,6,14H,3,5,7-9H2. The van der Waals surface area contributed by atoms with Crippen molar-refractivity contribution in [2.45, 2.75) is 25.7 Å². The van der Waals surface area contributed by atoms with E-state index in [9.17, 15) is 8.42 Å². The van der Waals surface area contributed by atoms with E-state index in [1.165, 1.54) is 11.1 Å². The van der Waals surface area contributed by atoms with Gasteiger partial charge < -0.3 is 0 Å². The van der Waals surface area contributed by atoms with Crippen molar-refractivity contribution >= 4 is 15.9 Å². The fourth-order valence-electron chi connectivity index (χ4n) is 2.63. The second-order valence-corrected chi connectivity index (χ2v) is 5.94. The minimum atomic E-state index is -3.62. The molecule has 1 aliphatic carbocycles. The molecule has 0 saturated heterocycles. The van der Waals surface area contributed by atoms with Crippen molar-refractivity contribution in [3.63, 3.8) is 0 Å². The fourth-order valence-corrected chi connectivity index (χ4v) is 3.52. The molecule has 1 aromatic rings. The Kier molecular flexibility index (Phi) is 2.87. The molecule has 0 saturated carbocycles. The van der Waals surface area contributed by atoms with Crippen LogP contribution in [0, 0.1) is 0 Å². The Morgan fingerprint density at radius 1 is 1.11 bits per heavy atom. The van der Waals surface area contributed by atoms with E-state index in [-0.39, 0.29) is 6.61 Å². The molecule has 0 bridgehead atoms. The molecular formula is C13H15NO3S. The first-order valence-corrected chi connectivity index (χ1v) is 7.54. The zero-order valence-corrected chi connectivity index (χ0v) is 10.8. The number of hydrogen-bond acceptors (Lipinski definition) is 3. The van der Waals surface area contributed by atoms with E-state index in [1.54, 1.807) is 0 Å². The van der Waals surface area contributed by atoms with Gasteiger partial charge >= 0.3 is 10.3 Å². The van der Waals surface area contributed by atoms with Crippen LogP contribution in [0.5, 0.6) is 0 Å². The van der Waals surface area contributed by atoms with Gasteiger partial charge in [0.15, 0.2) is 0 Å². The maximum atomic E-state index is 11.6. The van der Waals surface area contributed by atoms with Crippen LogP contribution >= 0.6 is 0 Å². The van der Waals surface area contributed by atoms with E-state index in [0.717, 1.165) is 30.5 Å². The van der Waals surface area contributed by atoms with Gasteiger partial charge in [-0.25, -0.2) is 0 Å². The van der Waals surface area contributed by atoms with Gasteiger partial charge in [0.1, 0.15) is 0 Å². The summed E-state index contributed by atoms with van der Waals surface area (Å²) in [5.74, 6) is 0. The fraction of sp³-hybridized carbons (Fsp3) is 0.385. The van der Waals surface area contributed by atoms with Crippen LogP contribution in [-0.2, 0) is 20.9 Å². The number of rotatable bonds is 0. The summed E-state index contributed by atoms with van der Waals surface area (Å²) < 4.78 is 30.6. The molecule has 4 nitrogen and oxygen atoms in total. The summed E-state index contributed by atoms with van der Waals surface area (Å²) in [6.07, 6.45) is 3.34. The highest BCUT2D eigenvalue weighted by Gasteiger charge is 2.24. The third-order valence-electron chi connectivity index (χ3n) is 3.42. The van der Waals surface area contributed by atoms with Gasteiger partial charge in [0, 0.05) is 5.70 Å². The third kappa shape index (κ3) is 2.15. The molecule has 96 valence electrons.